The van der Waals surface area contributed by atoms with Crippen molar-refractivity contribution in [3.63, 3.8) is 0 Å². The Morgan fingerprint density at radius 3 is 1.59 bits per heavy atom. The van der Waals surface area contributed by atoms with Crippen LogP contribution in [0, 0.1) is 7.14 Å². The van der Waals surface area contributed by atoms with Crippen molar-refractivity contribution in [2.24, 2.45) is 0 Å². The summed E-state index contributed by atoms with van der Waals surface area (Å²) in [5.74, 6) is 0. The van der Waals surface area contributed by atoms with Gasteiger partial charge in [-0.3, -0.25) is 0 Å². The van der Waals surface area contributed by atoms with Crippen LogP contribution in [0.1, 0.15) is 0 Å². The third-order valence-electron chi connectivity index (χ3n) is 4.19. The molecule has 4 rings (SSSR count). The standard InChI is InChI=1S/C20H15FIO4P/c21-27(24,25)26-22(23,19-13-5-9-15-7-1-3-11-17(15)19)20-14-6-10-16-8-2-4-12-18(16)20/h1-14H,(H,24,25). The zero-order valence-corrected chi connectivity index (χ0v) is 17.0. The van der Waals surface area contributed by atoms with Crippen molar-refractivity contribution in [3.05, 3.63) is 92.1 Å². The van der Waals surface area contributed by atoms with Gasteiger partial charge in [0.25, 0.3) is 0 Å². The molecule has 4 aromatic rings. The Morgan fingerprint density at radius 1 is 0.741 bits per heavy atom. The minimum absolute atomic E-state index is 0.253. The summed E-state index contributed by atoms with van der Waals surface area (Å²) >= 11 is -5.17. The average molecular weight is 496 g/mol. The van der Waals surface area contributed by atoms with Gasteiger partial charge in [-0.25, -0.2) is 0 Å². The molecular weight excluding hydrogens is 481 g/mol. The van der Waals surface area contributed by atoms with Crippen molar-refractivity contribution in [1.82, 2.24) is 0 Å². The molecule has 0 saturated heterocycles. The van der Waals surface area contributed by atoms with E-state index < -0.39 is 26.7 Å². The first-order chi connectivity index (χ1) is 12.9. The molecule has 1 N–H and O–H groups in total. The fraction of sp³-hybridized carbons (Fsp3) is 0. The average Bonchev–Trinajstić information content (AvgIpc) is 2.65. The fourth-order valence-electron chi connectivity index (χ4n) is 3.11. The van der Waals surface area contributed by atoms with E-state index >= 15 is 0 Å². The van der Waals surface area contributed by atoms with Gasteiger partial charge in [0.15, 0.2) is 0 Å². The first-order valence-corrected chi connectivity index (χ1v) is 13.5. The summed E-state index contributed by atoms with van der Waals surface area (Å²) in [7, 11) is -5.51. The van der Waals surface area contributed by atoms with E-state index in [9.17, 15) is 16.7 Å². The fourth-order valence-corrected chi connectivity index (χ4v) is 11.3. The molecule has 0 aliphatic carbocycles. The molecule has 4 aromatic carbocycles. The van der Waals surface area contributed by atoms with Gasteiger partial charge in [-0.15, -0.1) is 0 Å². The van der Waals surface area contributed by atoms with E-state index in [0.717, 1.165) is 10.8 Å². The van der Waals surface area contributed by atoms with E-state index in [1.165, 1.54) is 0 Å². The molecule has 1 atom stereocenters. The molecular formula is C20H15FIO4P. The van der Waals surface area contributed by atoms with E-state index in [-0.39, 0.29) is 7.14 Å². The molecule has 7 heteroatoms. The number of fused-ring (bicyclic) bond motifs is 2. The number of rotatable bonds is 4. The molecule has 0 radical (unpaired) electrons. The number of hydrogen-bond donors (Lipinski definition) is 1. The monoisotopic (exact) mass is 496 g/mol. The van der Waals surface area contributed by atoms with Crippen molar-refractivity contribution in [2.45, 2.75) is 0 Å². The van der Waals surface area contributed by atoms with E-state index in [1.807, 2.05) is 36.4 Å². The summed E-state index contributed by atoms with van der Waals surface area (Å²) < 4.78 is 44.9. The molecule has 0 amide bonds. The number of hydrogen-bond acceptors (Lipinski definition) is 3. The van der Waals surface area contributed by atoms with Crippen LogP contribution >= 0.6 is 26.7 Å². The topological polar surface area (TPSA) is 63.6 Å². The molecule has 0 aromatic heterocycles. The summed E-state index contributed by atoms with van der Waals surface area (Å²) in [6, 6.07) is 24.5. The molecule has 138 valence electrons. The molecule has 0 fully saturated rings. The minimum atomic E-state index is -5.51. The zero-order valence-electron chi connectivity index (χ0n) is 14.0. The van der Waals surface area contributed by atoms with Gasteiger partial charge >= 0.3 is 160 Å². The molecule has 0 aliphatic heterocycles. The molecule has 0 spiro atoms. The van der Waals surface area contributed by atoms with Gasteiger partial charge in [-0.1, -0.05) is 0 Å². The predicted molar refractivity (Wildman–Crippen MR) is 112 cm³/mol. The van der Waals surface area contributed by atoms with Crippen molar-refractivity contribution < 1.29 is 19.6 Å². The third kappa shape index (κ3) is 3.46. The third-order valence-corrected chi connectivity index (χ3v) is 12.6. The van der Waals surface area contributed by atoms with Crippen LogP contribution in [0.4, 0.5) is 4.20 Å². The Bertz CT molecular complexity index is 1160. The molecule has 0 aliphatic rings. The Kier molecular flexibility index (Phi) is 4.68. The summed E-state index contributed by atoms with van der Waals surface area (Å²) in [6.07, 6.45) is 0. The van der Waals surface area contributed by atoms with Crippen LogP contribution in [0.2, 0.25) is 0 Å². The summed E-state index contributed by atoms with van der Waals surface area (Å²) in [5, 5.41) is 2.78. The second-order valence-corrected chi connectivity index (χ2v) is 13.1. The van der Waals surface area contributed by atoms with E-state index in [2.05, 4.69) is 0 Å². The summed E-state index contributed by atoms with van der Waals surface area (Å²) in [4.78, 5) is 9.33. The van der Waals surface area contributed by atoms with Crippen LogP contribution < -0.4 is 0 Å². The molecule has 1 unspecified atom stereocenters. The van der Waals surface area contributed by atoms with Crippen molar-refractivity contribution in [3.8, 4) is 0 Å². The van der Waals surface area contributed by atoms with Crippen molar-refractivity contribution >= 4 is 48.3 Å². The maximum absolute atomic E-state index is 14.1. The van der Waals surface area contributed by atoms with E-state index in [4.69, 9.17) is 2.85 Å². The van der Waals surface area contributed by atoms with Crippen LogP contribution in [0.3, 0.4) is 0 Å². The van der Waals surface area contributed by atoms with Crippen LogP contribution in [0.25, 0.3) is 21.5 Å². The Labute approximate surface area is 159 Å². The second-order valence-electron chi connectivity index (χ2n) is 5.91. The molecule has 0 saturated carbocycles. The van der Waals surface area contributed by atoms with E-state index in [0.29, 0.717) is 10.8 Å². The number of benzene rings is 4. The molecule has 27 heavy (non-hydrogen) atoms. The molecule has 0 bridgehead atoms. The van der Waals surface area contributed by atoms with Crippen molar-refractivity contribution in [1.29, 1.82) is 0 Å². The van der Waals surface area contributed by atoms with Gasteiger partial charge in [-0.05, 0) is 0 Å². The van der Waals surface area contributed by atoms with Crippen LogP contribution in [-0.4, -0.2) is 4.89 Å². The van der Waals surface area contributed by atoms with Gasteiger partial charge in [-0.2, -0.15) is 0 Å². The quantitative estimate of drug-likeness (QED) is 0.262. The normalized spacial score (nSPS) is 14.9. The van der Waals surface area contributed by atoms with Gasteiger partial charge in [0.05, 0.1) is 0 Å². The van der Waals surface area contributed by atoms with Gasteiger partial charge in [0.1, 0.15) is 0 Å². The first-order valence-electron chi connectivity index (χ1n) is 8.06. The van der Waals surface area contributed by atoms with Crippen LogP contribution in [0.15, 0.2) is 84.9 Å². The predicted octanol–water partition coefficient (Wildman–Crippen LogP) is 6.42. The number of halogens is 2. The van der Waals surface area contributed by atoms with Gasteiger partial charge in [0.2, 0.25) is 0 Å². The van der Waals surface area contributed by atoms with Crippen LogP contribution in [0.5, 0.6) is 0 Å². The second kappa shape index (κ2) is 6.87. The van der Waals surface area contributed by atoms with Crippen LogP contribution in [-0.2, 0) is 10.5 Å². The van der Waals surface area contributed by atoms with Gasteiger partial charge in [0, 0.05) is 0 Å². The Hall–Kier alpha value is -1.99. The van der Waals surface area contributed by atoms with Crippen molar-refractivity contribution in [2.75, 3.05) is 0 Å². The maximum atomic E-state index is 14.1. The van der Waals surface area contributed by atoms with E-state index in [1.54, 1.807) is 48.5 Å². The Morgan fingerprint density at radius 2 is 1.15 bits per heavy atom. The first kappa shape index (κ1) is 18.4. The molecule has 0 heterocycles. The Balaban J connectivity index is 2.10. The SMILES string of the molecule is O=P(O)(F)OI(=O)(c1cccc2ccccc12)c1cccc2ccccc12. The molecule has 4 nitrogen and oxygen atoms in total. The van der Waals surface area contributed by atoms with Gasteiger partial charge < -0.3 is 0 Å². The zero-order chi connectivity index (χ0) is 19.1. The summed E-state index contributed by atoms with van der Waals surface area (Å²) in [6.45, 7) is 0. The summed E-state index contributed by atoms with van der Waals surface area (Å²) in [5.41, 5.74) is 0.